The van der Waals surface area contributed by atoms with E-state index >= 15 is 0 Å². The van der Waals surface area contributed by atoms with E-state index in [1.165, 1.54) is 11.1 Å². The molecular weight excluding hydrogens is 300 g/mol. The van der Waals surface area contributed by atoms with E-state index in [4.69, 9.17) is 15.2 Å². The molecule has 1 aromatic rings. The molecule has 1 aromatic carbocycles. The Morgan fingerprint density at radius 3 is 3.12 bits per heavy atom. The van der Waals surface area contributed by atoms with Crippen molar-refractivity contribution in [3.05, 3.63) is 48.1 Å². The average molecular weight is 324 g/mol. The normalized spacial score (nSPS) is 38.4. The van der Waals surface area contributed by atoms with E-state index in [1.54, 1.807) is 7.11 Å². The Morgan fingerprint density at radius 1 is 1.46 bits per heavy atom. The van der Waals surface area contributed by atoms with Crippen molar-refractivity contribution in [3.8, 4) is 11.5 Å². The molecule has 2 aliphatic heterocycles. The van der Waals surface area contributed by atoms with Crippen molar-refractivity contribution in [2.45, 2.75) is 36.4 Å². The second kappa shape index (κ2) is 4.87. The van der Waals surface area contributed by atoms with E-state index in [-0.39, 0.29) is 17.6 Å². The summed E-state index contributed by atoms with van der Waals surface area (Å²) in [5, 5.41) is 0. The number of rotatable bonds is 3. The third kappa shape index (κ3) is 1.56. The molecule has 0 amide bonds. The van der Waals surface area contributed by atoms with Crippen LogP contribution in [0, 0.1) is 5.92 Å². The van der Waals surface area contributed by atoms with Gasteiger partial charge in [0.25, 0.3) is 0 Å². The zero-order chi connectivity index (χ0) is 16.5. The second-order valence-electron chi connectivity index (χ2n) is 7.50. The van der Waals surface area contributed by atoms with Crippen molar-refractivity contribution in [1.29, 1.82) is 0 Å². The summed E-state index contributed by atoms with van der Waals surface area (Å²) < 4.78 is 12.1. The summed E-state index contributed by atoms with van der Waals surface area (Å²) in [6.45, 7) is 5.96. The van der Waals surface area contributed by atoms with E-state index < -0.39 is 0 Å². The van der Waals surface area contributed by atoms with E-state index in [1.807, 2.05) is 6.08 Å². The van der Waals surface area contributed by atoms with Gasteiger partial charge in [-0.25, -0.2) is 0 Å². The minimum Gasteiger partial charge on any atom is -0.493 e. The molecule has 5 atom stereocenters. The van der Waals surface area contributed by atoms with E-state index in [9.17, 15) is 0 Å². The van der Waals surface area contributed by atoms with Crippen molar-refractivity contribution in [3.63, 3.8) is 0 Å². The number of methoxy groups -OCH3 is 1. The third-order valence-corrected chi connectivity index (χ3v) is 6.62. The molecule has 1 saturated heterocycles. The van der Waals surface area contributed by atoms with Gasteiger partial charge in [0.05, 0.1) is 13.2 Å². The van der Waals surface area contributed by atoms with E-state index in [2.05, 4.69) is 35.8 Å². The maximum absolute atomic E-state index is 6.47. The minimum absolute atomic E-state index is 0.00790. The first-order chi connectivity index (χ1) is 11.7. The Kier molecular flexibility index (Phi) is 2.95. The third-order valence-electron chi connectivity index (χ3n) is 6.62. The Morgan fingerprint density at radius 2 is 2.33 bits per heavy atom. The number of hydrogen-bond donors (Lipinski definition) is 1. The van der Waals surface area contributed by atoms with Gasteiger partial charge in [-0.15, -0.1) is 6.58 Å². The number of piperidine rings is 1. The number of nitrogens with two attached hydrogens (primary N) is 1. The van der Waals surface area contributed by atoms with Gasteiger partial charge in [-0.2, -0.15) is 0 Å². The van der Waals surface area contributed by atoms with E-state index in [0.29, 0.717) is 12.0 Å². The molecule has 0 aromatic heterocycles. The highest BCUT2D eigenvalue weighted by atomic mass is 16.5. The molecule has 2 heterocycles. The van der Waals surface area contributed by atoms with Crippen molar-refractivity contribution in [1.82, 2.24) is 4.90 Å². The monoisotopic (exact) mass is 324 g/mol. The maximum atomic E-state index is 6.47. The SMILES string of the molecule is C=CCN1CC[C@]23c4c5ccc(OC)c4O[C@H]2[C@H](N)C=C[C@H]3[C@H]1C5. The summed E-state index contributed by atoms with van der Waals surface area (Å²) in [6, 6.07) is 4.72. The van der Waals surface area contributed by atoms with E-state index in [0.717, 1.165) is 37.4 Å². The number of ether oxygens (including phenoxy) is 2. The van der Waals surface area contributed by atoms with Crippen LogP contribution in [0.25, 0.3) is 0 Å². The van der Waals surface area contributed by atoms with Gasteiger partial charge in [-0.05, 0) is 31.0 Å². The van der Waals surface area contributed by atoms with Gasteiger partial charge < -0.3 is 15.2 Å². The first-order valence-corrected chi connectivity index (χ1v) is 8.86. The van der Waals surface area contributed by atoms with Gasteiger partial charge in [0.1, 0.15) is 6.10 Å². The van der Waals surface area contributed by atoms with Crippen LogP contribution in [-0.4, -0.2) is 43.3 Å². The second-order valence-corrected chi connectivity index (χ2v) is 7.50. The highest BCUT2D eigenvalue weighted by molar-refractivity contribution is 5.62. The Bertz CT molecular complexity index is 743. The molecule has 1 fully saturated rings. The lowest BCUT2D eigenvalue weighted by molar-refractivity contribution is -0.0103. The first kappa shape index (κ1) is 14.6. The number of nitrogens with zero attached hydrogens (tertiary/aromatic N) is 1. The summed E-state index contributed by atoms with van der Waals surface area (Å²) in [5.74, 6) is 2.24. The van der Waals surface area contributed by atoms with Crippen LogP contribution in [0.5, 0.6) is 11.5 Å². The van der Waals surface area contributed by atoms with Gasteiger partial charge in [0.2, 0.25) is 0 Å². The van der Waals surface area contributed by atoms with Gasteiger partial charge >= 0.3 is 0 Å². The van der Waals surface area contributed by atoms with Gasteiger partial charge in [-0.3, -0.25) is 4.90 Å². The molecule has 0 radical (unpaired) electrons. The summed E-state index contributed by atoms with van der Waals surface area (Å²) in [7, 11) is 1.72. The molecule has 0 unspecified atom stereocenters. The number of hydrogen-bond acceptors (Lipinski definition) is 4. The van der Waals surface area contributed by atoms with Crippen LogP contribution < -0.4 is 15.2 Å². The molecule has 2 bridgehead atoms. The molecule has 5 rings (SSSR count). The van der Waals surface area contributed by atoms with Crippen molar-refractivity contribution in [2.24, 2.45) is 11.7 Å². The predicted octanol–water partition coefficient (Wildman–Crippen LogP) is 2.02. The zero-order valence-electron chi connectivity index (χ0n) is 14.1. The fourth-order valence-corrected chi connectivity index (χ4v) is 5.74. The van der Waals surface area contributed by atoms with Crippen molar-refractivity contribution >= 4 is 0 Å². The van der Waals surface area contributed by atoms with Gasteiger partial charge in [0, 0.05) is 29.5 Å². The first-order valence-electron chi connectivity index (χ1n) is 8.86. The van der Waals surface area contributed by atoms with Crippen LogP contribution in [-0.2, 0) is 11.8 Å². The van der Waals surface area contributed by atoms with Crippen LogP contribution in [0.3, 0.4) is 0 Å². The van der Waals surface area contributed by atoms with Gasteiger partial charge in [-0.1, -0.05) is 24.3 Å². The highest BCUT2D eigenvalue weighted by Crippen LogP contribution is 2.62. The number of benzene rings is 1. The van der Waals surface area contributed by atoms with Crippen LogP contribution >= 0.6 is 0 Å². The average Bonchev–Trinajstić information content (AvgIpc) is 2.94. The van der Waals surface area contributed by atoms with Crippen LogP contribution in [0.4, 0.5) is 0 Å². The number of likely N-dealkylation sites (tertiary alicyclic amines) is 1. The maximum Gasteiger partial charge on any atom is 0.165 e. The molecule has 4 heteroatoms. The molecule has 0 saturated carbocycles. The molecule has 126 valence electrons. The van der Waals surface area contributed by atoms with Crippen molar-refractivity contribution < 1.29 is 9.47 Å². The minimum atomic E-state index is -0.0593. The summed E-state index contributed by atoms with van der Waals surface area (Å²) >= 11 is 0. The predicted molar refractivity (Wildman–Crippen MR) is 93.6 cm³/mol. The molecule has 2 aliphatic carbocycles. The van der Waals surface area contributed by atoms with Crippen LogP contribution in [0.15, 0.2) is 36.9 Å². The molecule has 4 aliphatic rings. The fourth-order valence-electron chi connectivity index (χ4n) is 5.74. The molecule has 1 spiro atoms. The lowest BCUT2D eigenvalue weighted by atomic mass is 9.53. The highest BCUT2D eigenvalue weighted by Gasteiger charge is 2.64. The Labute approximate surface area is 142 Å². The molecule has 4 nitrogen and oxygen atoms in total. The lowest BCUT2D eigenvalue weighted by Crippen LogP contribution is -2.66. The molecule has 2 N–H and O–H groups in total. The quantitative estimate of drug-likeness (QED) is 0.864. The zero-order valence-corrected chi connectivity index (χ0v) is 14.1. The Hall–Kier alpha value is -1.78. The Balaban J connectivity index is 1.75. The lowest BCUT2D eigenvalue weighted by Gasteiger charge is -2.57. The molecular formula is C20H24N2O2. The molecule has 24 heavy (non-hydrogen) atoms. The van der Waals surface area contributed by atoms with Crippen LogP contribution in [0.1, 0.15) is 17.5 Å². The van der Waals surface area contributed by atoms with Crippen LogP contribution in [0.2, 0.25) is 0 Å². The summed E-state index contributed by atoms with van der Waals surface area (Å²) in [6.07, 6.45) is 8.70. The summed E-state index contributed by atoms with van der Waals surface area (Å²) in [4.78, 5) is 2.58. The summed E-state index contributed by atoms with van der Waals surface area (Å²) in [5.41, 5.74) is 9.27. The largest absolute Gasteiger partial charge is 0.493 e. The standard InChI is InChI=1S/C20H24N2O2/c1-3-9-22-10-8-20-13-5-6-14(21)19(20)24-18-16(23-2)7-4-12(17(18)20)11-15(13)22/h3-7,13-15,19H,1,8-11,21H2,2H3/t13-,14+,15+,19-,20-/m0/s1. The fraction of sp³-hybridized carbons (Fsp3) is 0.500. The topological polar surface area (TPSA) is 47.7 Å². The van der Waals surface area contributed by atoms with Gasteiger partial charge in [0.15, 0.2) is 11.5 Å². The van der Waals surface area contributed by atoms with Crippen molar-refractivity contribution in [2.75, 3.05) is 20.2 Å². The smallest absolute Gasteiger partial charge is 0.165 e.